The third-order valence-electron chi connectivity index (χ3n) is 1.86. The van der Waals surface area contributed by atoms with Crippen molar-refractivity contribution >= 4 is 15.9 Å². The van der Waals surface area contributed by atoms with Crippen molar-refractivity contribution in [2.45, 2.75) is 25.8 Å². The molecule has 0 rings (SSSR count). The molecule has 90 valence electrons. The normalized spacial score (nSPS) is 13.7. The molecule has 0 radical (unpaired) electrons. The summed E-state index contributed by atoms with van der Waals surface area (Å²) >= 11 is 0. The Bertz CT molecular complexity index is 290. The molecule has 0 amide bonds. The van der Waals surface area contributed by atoms with Gasteiger partial charge in [0, 0.05) is 19.6 Å². The number of nitrogens with two attached hydrogens (primary N) is 1. The zero-order valence-electron chi connectivity index (χ0n) is 9.12. The van der Waals surface area contributed by atoms with Crippen molar-refractivity contribution in [2.75, 3.05) is 19.5 Å². The molecule has 0 aliphatic rings. The molecule has 0 bridgehead atoms. The topological polar surface area (TPSA) is 105 Å². The summed E-state index contributed by atoms with van der Waals surface area (Å²) in [6.07, 6.45) is 0.842. The van der Waals surface area contributed by atoms with E-state index in [1.165, 1.54) is 7.11 Å². The number of rotatable bonds is 8. The van der Waals surface area contributed by atoms with E-state index in [4.69, 9.17) is 11.1 Å². The Morgan fingerprint density at radius 2 is 2.20 bits per heavy atom. The van der Waals surface area contributed by atoms with Crippen LogP contribution >= 0.6 is 0 Å². The number of sulfonamides is 1. The van der Waals surface area contributed by atoms with Crippen molar-refractivity contribution < 1.29 is 13.2 Å². The number of hydrogen-bond donors (Lipinski definition) is 3. The molecule has 0 spiro atoms. The maximum absolute atomic E-state index is 11.4. The van der Waals surface area contributed by atoms with Crippen LogP contribution in [-0.2, 0) is 14.8 Å². The molecule has 1 unspecified atom stereocenters. The van der Waals surface area contributed by atoms with Crippen molar-refractivity contribution in [1.29, 1.82) is 5.41 Å². The Balaban J connectivity index is 4.21. The minimum atomic E-state index is -3.33. The molecule has 4 N–H and O–H groups in total. The fourth-order valence-corrected chi connectivity index (χ4v) is 2.30. The predicted molar refractivity (Wildman–Crippen MR) is 59.4 cm³/mol. The van der Waals surface area contributed by atoms with Crippen LogP contribution < -0.4 is 10.5 Å². The van der Waals surface area contributed by atoms with Crippen LogP contribution in [0.4, 0.5) is 0 Å². The van der Waals surface area contributed by atoms with Gasteiger partial charge in [-0.2, -0.15) is 0 Å². The highest BCUT2D eigenvalue weighted by molar-refractivity contribution is 7.89. The van der Waals surface area contributed by atoms with Crippen LogP contribution in [-0.4, -0.2) is 39.8 Å². The van der Waals surface area contributed by atoms with Crippen LogP contribution in [0.2, 0.25) is 0 Å². The number of amidine groups is 1. The molecule has 0 aliphatic carbocycles. The van der Waals surface area contributed by atoms with E-state index in [-0.39, 0.29) is 30.7 Å². The second-order valence-corrected chi connectivity index (χ2v) is 5.14. The summed E-state index contributed by atoms with van der Waals surface area (Å²) in [5.74, 6) is -0.0888. The molecule has 0 aromatic heterocycles. The van der Waals surface area contributed by atoms with Crippen molar-refractivity contribution in [2.24, 2.45) is 5.73 Å². The van der Waals surface area contributed by atoms with Gasteiger partial charge in [0.25, 0.3) is 0 Å². The highest BCUT2D eigenvalue weighted by Crippen LogP contribution is 2.00. The fraction of sp³-hybridized carbons (Fsp3) is 0.875. The average molecular weight is 237 g/mol. The van der Waals surface area contributed by atoms with E-state index in [0.29, 0.717) is 6.42 Å². The Kier molecular flexibility index (Phi) is 6.46. The molecule has 0 aliphatic heterocycles. The second kappa shape index (κ2) is 6.76. The SMILES string of the molecule is CCC(CC(=N)N)NS(=O)(=O)CCOC. The van der Waals surface area contributed by atoms with Gasteiger partial charge in [0.2, 0.25) is 10.0 Å². The van der Waals surface area contributed by atoms with Crippen molar-refractivity contribution in [1.82, 2.24) is 4.72 Å². The van der Waals surface area contributed by atoms with E-state index in [9.17, 15) is 8.42 Å². The summed E-state index contributed by atoms with van der Waals surface area (Å²) < 4.78 is 30.0. The molecular weight excluding hydrogens is 218 g/mol. The summed E-state index contributed by atoms with van der Waals surface area (Å²) in [6, 6.07) is -0.302. The monoisotopic (exact) mass is 237 g/mol. The minimum Gasteiger partial charge on any atom is -0.388 e. The van der Waals surface area contributed by atoms with Gasteiger partial charge in [-0.3, -0.25) is 5.41 Å². The van der Waals surface area contributed by atoms with Gasteiger partial charge in [-0.25, -0.2) is 13.1 Å². The molecule has 0 fully saturated rings. The number of hydrogen-bond acceptors (Lipinski definition) is 4. The van der Waals surface area contributed by atoms with Crippen molar-refractivity contribution in [3.8, 4) is 0 Å². The van der Waals surface area contributed by atoms with E-state index < -0.39 is 10.0 Å². The van der Waals surface area contributed by atoms with Gasteiger partial charge in [-0.05, 0) is 6.42 Å². The lowest BCUT2D eigenvalue weighted by Crippen LogP contribution is -2.39. The summed E-state index contributed by atoms with van der Waals surface area (Å²) in [6.45, 7) is 2.00. The Labute approximate surface area is 90.7 Å². The van der Waals surface area contributed by atoms with Gasteiger partial charge < -0.3 is 10.5 Å². The van der Waals surface area contributed by atoms with E-state index in [0.717, 1.165) is 0 Å². The molecule has 0 aromatic carbocycles. The largest absolute Gasteiger partial charge is 0.388 e. The van der Waals surface area contributed by atoms with Crippen LogP contribution in [0.3, 0.4) is 0 Å². The smallest absolute Gasteiger partial charge is 0.214 e. The maximum Gasteiger partial charge on any atom is 0.214 e. The first kappa shape index (κ1) is 14.3. The number of ether oxygens (including phenoxy) is 1. The van der Waals surface area contributed by atoms with Crippen LogP contribution in [0.15, 0.2) is 0 Å². The summed E-state index contributed by atoms with van der Waals surface area (Å²) in [5, 5.41) is 7.09. The highest BCUT2D eigenvalue weighted by Gasteiger charge is 2.16. The molecule has 0 saturated heterocycles. The molecule has 15 heavy (non-hydrogen) atoms. The number of nitrogens with one attached hydrogen (secondary N) is 2. The predicted octanol–water partition coefficient (Wildman–Crippen LogP) is -0.343. The summed E-state index contributed by atoms with van der Waals surface area (Å²) in [7, 11) is -1.88. The lowest BCUT2D eigenvalue weighted by atomic mass is 10.1. The van der Waals surface area contributed by atoms with Gasteiger partial charge in [-0.15, -0.1) is 0 Å². The zero-order chi connectivity index (χ0) is 11.9. The third-order valence-corrected chi connectivity index (χ3v) is 3.26. The quantitative estimate of drug-likeness (QED) is 0.396. The molecular formula is C8H19N3O3S. The van der Waals surface area contributed by atoms with Crippen LogP contribution in [0, 0.1) is 5.41 Å². The molecule has 1 atom stereocenters. The molecule has 0 heterocycles. The minimum absolute atomic E-state index is 0.0173. The summed E-state index contributed by atoms with van der Waals surface area (Å²) in [4.78, 5) is 0. The lowest BCUT2D eigenvalue weighted by molar-refractivity contribution is 0.216. The van der Waals surface area contributed by atoms with Crippen LogP contribution in [0.1, 0.15) is 19.8 Å². The van der Waals surface area contributed by atoms with E-state index in [1.807, 2.05) is 6.92 Å². The van der Waals surface area contributed by atoms with Crippen molar-refractivity contribution in [3.63, 3.8) is 0 Å². The fourth-order valence-electron chi connectivity index (χ4n) is 1.04. The molecule has 0 saturated carbocycles. The van der Waals surface area contributed by atoms with E-state index >= 15 is 0 Å². The first-order valence-electron chi connectivity index (χ1n) is 4.73. The van der Waals surface area contributed by atoms with Crippen molar-refractivity contribution in [3.05, 3.63) is 0 Å². The third kappa shape index (κ3) is 7.29. The van der Waals surface area contributed by atoms with Crippen LogP contribution in [0.5, 0.6) is 0 Å². The standard InChI is InChI=1S/C8H19N3O3S/c1-3-7(6-8(9)10)11-15(12,13)5-4-14-2/h7,11H,3-6H2,1-2H3,(H3,9,10). The Morgan fingerprint density at radius 1 is 1.60 bits per heavy atom. The first-order valence-corrected chi connectivity index (χ1v) is 6.38. The molecule has 6 nitrogen and oxygen atoms in total. The van der Waals surface area contributed by atoms with Gasteiger partial charge in [0.05, 0.1) is 18.2 Å². The molecule has 0 aromatic rings. The van der Waals surface area contributed by atoms with Gasteiger partial charge in [0.1, 0.15) is 0 Å². The Hall–Kier alpha value is -0.660. The highest BCUT2D eigenvalue weighted by atomic mass is 32.2. The van der Waals surface area contributed by atoms with E-state index in [1.54, 1.807) is 0 Å². The van der Waals surface area contributed by atoms with Gasteiger partial charge in [0.15, 0.2) is 0 Å². The summed E-state index contributed by atoms with van der Waals surface area (Å²) in [5.41, 5.74) is 5.21. The maximum atomic E-state index is 11.4. The van der Waals surface area contributed by atoms with Crippen LogP contribution in [0.25, 0.3) is 0 Å². The Morgan fingerprint density at radius 3 is 2.60 bits per heavy atom. The lowest BCUT2D eigenvalue weighted by Gasteiger charge is -2.15. The van der Waals surface area contributed by atoms with Gasteiger partial charge in [-0.1, -0.05) is 6.92 Å². The van der Waals surface area contributed by atoms with Gasteiger partial charge >= 0.3 is 0 Å². The molecule has 7 heteroatoms. The average Bonchev–Trinajstić information content (AvgIpc) is 2.12. The zero-order valence-corrected chi connectivity index (χ0v) is 9.93. The van der Waals surface area contributed by atoms with E-state index in [2.05, 4.69) is 9.46 Å². The number of methoxy groups -OCH3 is 1. The first-order chi connectivity index (χ1) is 6.91. The second-order valence-electron chi connectivity index (χ2n) is 3.26.